The lowest BCUT2D eigenvalue weighted by Crippen LogP contribution is -2.35. The number of rotatable bonds is 6. The molecule has 0 spiro atoms. The lowest BCUT2D eigenvalue weighted by molar-refractivity contribution is -0.123. The predicted octanol–water partition coefficient (Wildman–Crippen LogP) is 3.49. The van der Waals surface area contributed by atoms with E-state index >= 15 is 0 Å². The first-order valence-electron chi connectivity index (χ1n) is 8.92. The van der Waals surface area contributed by atoms with Gasteiger partial charge >= 0.3 is 22.4 Å². The Morgan fingerprint density at radius 1 is 1.29 bits per heavy atom. The number of halogens is 4. The van der Waals surface area contributed by atoms with Gasteiger partial charge in [0, 0.05) is 29.2 Å². The topological polar surface area (TPSA) is 95.2 Å². The van der Waals surface area contributed by atoms with E-state index in [0.717, 1.165) is 10.9 Å². The fraction of sp³-hybridized carbons (Fsp3) is 0.333. The molecule has 0 radical (unpaired) electrons. The molecular weight excluding hydrogens is 461 g/mol. The van der Waals surface area contributed by atoms with Crippen LogP contribution < -0.4 is 5.32 Å². The van der Waals surface area contributed by atoms with E-state index in [9.17, 15) is 26.4 Å². The van der Waals surface area contributed by atoms with Crippen LogP contribution in [0.25, 0.3) is 16.7 Å². The standard InChI is InChI=1S/C18H18ClF3N4O4S/c1-11-14(6-8-31(28,29)30-17(27)23-10-18(20,21)22)16(25(2)24-11)26-7-5-12-9-13(19)3-4-15(12)26/h3-5,7,9H,6,8,10H2,1-2H3,(H,23,27). The van der Waals surface area contributed by atoms with E-state index in [0.29, 0.717) is 22.1 Å². The van der Waals surface area contributed by atoms with E-state index in [2.05, 4.69) is 9.28 Å². The second-order valence-corrected chi connectivity index (χ2v) is 8.88. The molecule has 0 saturated heterocycles. The van der Waals surface area contributed by atoms with Crippen molar-refractivity contribution in [2.45, 2.75) is 19.5 Å². The van der Waals surface area contributed by atoms with E-state index in [1.165, 1.54) is 5.32 Å². The summed E-state index contributed by atoms with van der Waals surface area (Å²) in [4.78, 5) is 11.4. The average Bonchev–Trinajstić information content (AvgIpc) is 3.16. The minimum atomic E-state index is -4.69. The molecule has 2 aromatic heterocycles. The predicted molar refractivity (Wildman–Crippen MR) is 108 cm³/mol. The van der Waals surface area contributed by atoms with Crippen LogP contribution in [0.3, 0.4) is 0 Å². The number of hydrogen-bond donors (Lipinski definition) is 1. The zero-order valence-electron chi connectivity index (χ0n) is 16.4. The molecule has 1 amide bonds. The van der Waals surface area contributed by atoms with Crippen LogP contribution in [-0.2, 0) is 27.8 Å². The Morgan fingerprint density at radius 3 is 2.68 bits per heavy atom. The van der Waals surface area contributed by atoms with Gasteiger partial charge < -0.3 is 14.1 Å². The number of amides is 1. The molecule has 0 aliphatic carbocycles. The fourth-order valence-corrected chi connectivity index (χ4v) is 4.18. The van der Waals surface area contributed by atoms with Crippen molar-refractivity contribution < 1.29 is 30.6 Å². The van der Waals surface area contributed by atoms with Gasteiger partial charge in [-0.25, -0.2) is 4.79 Å². The van der Waals surface area contributed by atoms with E-state index in [1.807, 2.05) is 16.7 Å². The highest BCUT2D eigenvalue weighted by atomic mass is 35.5. The molecule has 2 heterocycles. The van der Waals surface area contributed by atoms with Gasteiger partial charge in [-0.15, -0.1) is 0 Å². The van der Waals surface area contributed by atoms with E-state index in [-0.39, 0.29) is 6.42 Å². The lowest BCUT2D eigenvalue weighted by atomic mass is 10.2. The number of fused-ring (bicyclic) bond motifs is 1. The van der Waals surface area contributed by atoms with Crippen molar-refractivity contribution in [3.63, 3.8) is 0 Å². The Bertz CT molecular complexity index is 1230. The summed E-state index contributed by atoms with van der Waals surface area (Å²) in [5.74, 6) is -0.0247. The summed E-state index contributed by atoms with van der Waals surface area (Å²) in [6.45, 7) is 0.00282. The highest BCUT2D eigenvalue weighted by Crippen LogP contribution is 2.27. The molecule has 13 heteroatoms. The molecule has 0 saturated carbocycles. The second kappa shape index (κ2) is 8.42. The first-order valence-corrected chi connectivity index (χ1v) is 10.9. The molecule has 1 aromatic carbocycles. The maximum Gasteiger partial charge on any atom is 0.423 e. The van der Waals surface area contributed by atoms with E-state index in [4.69, 9.17) is 11.6 Å². The molecule has 3 rings (SSSR count). The summed E-state index contributed by atoms with van der Waals surface area (Å²) in [6, 6.07) is 7.17. The quantitative estimate of drug-likeness (QED) is 0.547. The zero-order chi connectivity index (χ0) is 23.0. The van der Waals surface area contributed by atoms with Gasteiger partial charge in [-0.3, -0.25) is 4.68 Å². The summed E-state index contributed by atoms with van der Waals surface area (Å²) in [7, 11) is -2.73. The number of hydrogen-bond acceptors (Lipinski definition) is 5. The molecular formula is C18H18ClF3N4O4S. The maximum atomic E-state index is 12.1. The number of carbonyl (C=O) groups is 1. The van der Waals surface area contributed by atoms with Crippen LogP contribution in [0.1, 0.15) is 11.3 Å². The van der Waals surface area contributed by atoms with Crippen LogP contribution in [0, 0.1) is 6.92 Å². The summed E-state index contributed by atoms with van der Waals surface area (Å²) in [6.07, 6.45) is -4.66. The van der Waals surface area contributed by atoms with Crippen LogP contribution in [0.5, 0.6) is 0 Å². The summed E-state index contributed by atoms with van der Waals surface area (Å²) >= 11 is 6.03. The zero-order valence-corrected chi connectivity index (χ0v) is 18.0. The van der Waals surface area contributed by atoms with Crippen molar-refractivity contribution in [2.24, 2.45) is 7.05 Å². The minimum Gasteiger partial charge on any atom is -0.328 e. The third kappa shape index (κ3) is 5.50. The monoisotopic (exact) mass is 478 g/mol. The average molecular weight is 479 g/mol. The van der Waals surface area contributed by atoms with Gasteiger partial charge in [0.2, 0.25) is 0 Å². The molecule has 0 unspecified atom stereocenters. The molecule has 168 valence electrons. The first-order chi connectivity index (χ1) is 14.4. The van der Waals surface area contributed by atoms with Gasteiger partial charge in [-0.05, 0) is 37.6 Å². The van der Waals surface area contributed by atoms with Crippen molar-refractivity contribution in [3.05, 3.63) is 46.7 Å². The van der Waals surface area contributed by atoms with Crippen LogP contribution in [0.4, 0.5) is 18.0 Å². The van der Waals surface area contributed by atoms with Gasteiger partial charge in [0.25, 0.3) is 0 Å². The smallest absolute Gasteiger partial charge is 0.328 e. The van der Waals surface area contributed by atoms with Gasteiger partial charge in [0.15, 0.2) is 0 Å². The molecule has 8 nitrogen and oxygen atoms in total. The Labute approximate surface area is 180 Å². The van der Waals surface area contributed by atoms with Crippen molar-refractivity contribution in [1.29, 1.82) is 0 Å². The number of nitrogens with one attached hydrogen (secondary N) is 1. The van der Waals surface area contributed by atoms with Crippen LogP contribution in [-0.4, -0.2) is 47.3 Å². The summed E-state index contributed by atoms with van der Waals surface area (Å²) in [5, 5.41) is 7.13. The van der Waals surface area contributed by atoms with Crippen LogP contribution in [0.2, 0.25) is 5.02 Å². The summed E-state index contributed by atoms with van der Waals surface area (Å²) < 4.78 is 68.2. The molecule has 31 heavy (non-hydrogen) atoms. The molecule has 3 aromatic rings. The largest absolute Gasteiger partial charge is 0.423 e. The maximum absolute atomic E-state index is 12.1. The highest BCUT2D eigenvalue weighted by Gasteiger charge is 2.29. The number of nitrogens with zero attached hydrogens (tertiary/aromatic N) is 3. The number of aryl methyl sites for hydroxylation is 2. The third-order valence-electron chi connectivity index (χ3n) is 4.43. The molecule has 0 atom stereocenters. The van der Waals surface area contributed by atoms with Crippen molar-refractivity contribution in [2.75, 3.05) is 12.3 Å². The molecule has 0 bridgehead atoms. The van der Waals surface area contributed by atoms with Gasteiger partial charge in [-0.1, -0.05) is 11.6 Å². The molecule has 1 N–H and O–H groups in total. The number of carbonyl (C=O) groups excluding carboxylic acids is 1. The Morgan fingerprint density at radius 2 is 2.00 bits per heavy atom. The third-order valence-corrected chi connectivity index (χ3v) is 5.78. The van der Waals surface area contributed by atoms with E-state index in [1.54, 1.807) is 37.0 Å². The fourth-order valence-electron chi connectivity index (χ4n) is 3.17. The number of benzene rings is 1. The van der Waals surface area contributed by atoms with Crippen molar-refractivity contribution >= 4 is 38.7 Å². The molecule has 0 fully saturated rings. The van der Waals surface area contributed by atoms with Crippen molar-refractivity contribution in [3.8, 4) is 5.82 Å². The number of aromatic nitrogens is 3. The van der Waals surface area contributed by atoms with Gasteiger partial charge in [0.1, 0.15) is 12.4 Å². The summed E-state index contributed by atoms with van der Waals surface area (Å²) in [5.41, 5.74) is 1.96. The number of alkyl halides is 3. The Hall–Kier alpha value is -2.73. The van der Waals surface area contributed by atoms with Crippen LogP contribution in [0.15, 0.2) is 30.5 Å². The lowest BCUT2D eigenvalue weighted by Gasteiger charge is -2.11. The normalized spacial score (nSPS) is 12.3. The van der Waals surface area contributed by atoms with Gasteiger partial charge in [-0.2, -0.15) is 26.7 Å². The van der Waals surface area contributed by atoms with Crippen molar-refractivity contribution in [1.82, 2.24) is 19.7 Å². The second-order valence-electron chi connectivity index (χ2n) is 6.75. The van der Waals surface area contributed by atoms with Crippen LogP contribution >= 0.6 is 11.6 Å². The van der Waals surface area contributed by atoms with Gasteiger partial charge in [0.05, 0.1) is 17.0 Å². The SMILES string of the molecule is Cc1nn(C)c(-n2ccc3cc(Cl)ccc32)c1CCS(=O)(=O)OC(=O)NCC(F)(F)F. The first kappa shape index (κ1) is 22.9. The minimum absolute atomic E-state index is 0.0723. The van der Waals surface area contributed by atoms with E-state index < -0.39 is 34.7 Å². The molecule has 0 aliphatic heterocycles. The Kier molecular flexibility index (Phi) is 6.23. The highest BCUT2D eigenvalue weighted by molar-refractivity contribution is 7.87. The molecule has 0 aliphatic rings. The Balaban J connectivity index is 1.81.